The summed E-state index contributed by atoms with van der Waals surface area (Å²) in [5.41, 5.74) is -0.619. The summed E-state index contributed by atoms with van der Waals surface area (Å²) in [7, 11) is 0. The van der Waals surface area contributed by atoms with Crippen LogP contribution in [0.1, 0.15) is 40.0 Å². The number of ether oxygens (including phenoxy) is 2. The number of carbonyl (C=O) groups is 2. The Bertz CT molecular complexity index is 228. The van der Waals surface area contributed by atoms with Gasteiger partial charge >= 0.3 is 11.9 Å². The van der Waals surface area contributed by atoms with Crippen LogP contribution in [0, 0.1) is 0 Å². The molecular weight excluding hydrogens is 215 g/mol. The first kappa shape index (κ1) is 14.9. The van der Waals surface area contributed by atoms with Crippen molar-refractivity contribution in [3.05, 3.63) is 0 Å². The Hall–Kier alpha value is -1.13. The van der Waals surface area contributed by atoms with Gasteiger partial charge in [0.15, 0.2) is 0 Å². The van der Waals surface area contributed by atoms with Crippen molar-refractivity contribution in [1.82, 2.24) is 0 Å². The van der Waals surface area contributed by atoms with Gasteiger partial charge in [0.25, 0.3) is 0 Å². The summed E-state index contributed by atoms with van der Waals surface area (Å²) in [5, 5.41) is 0. The van der Waals surface area contributed by atoms with Crippen LogP contribution in [0.4, 0.5) is 4.39 Å². The second-order valence-corrected chi connectivity index (χ2v) is 3.46. The highest BCUT2D eigenvalue weighted by Crippen LogP contribution is 2.24. The molecule has 0 N–H and O–H groups in total. The summed E-state index contributed by atoms with van der Waals surface area (Å²) < 4.78 is 21.2. The molecule has 94 valence electrons. The van der Waals surface area contributed by atoms with Crippen molar-refractivity contribution in [2.75, 3.05) is 13.3 Å². The fourth-order valence-electron chi connectivity index (χ4n) is 1.40. The topological polar surface area (TPSA) is 52.6 Å². The van der Waals surface area contributed by atoms with Crippen molar-refractivity contribution in [1.29, 1.82) is 0 Å². The van der Waals surface area contributed by atoms with Crippen LogP contribution in [0.3, 0.4) is 0 Å². The third-order valence-corrected chi connectivity index (χ3v) is 2.72. The number of alkyl halides is 1. The van der Waals surface area contributed by atoms with Crippen molar-refractivity contribution in [3.8, 4) is 0 Å². The zero-order valence-corrected chi connectivity index (χ0v) is 10.0. The Morgan fingerprint density at radius 1 is 1.06 bits per heavy atom. The molecule has 5 heteroatoms. The highest BCUT2D eigenvalue weighted by molar-refractivity contribution is 6.29. The fourth-order valence-corrected chi connectivity index (χ4v) is 1.40. The molecule has 0 rings (SSSR count). The Labute approximate surface area is 95.1 Å². The number of hydrogen-bond donors (Lipinski definition) is 0. The van der Waals surface area contributed by atoms with E-state index in [9.17, 15) is 14.0 Å². The summed E-state index contributed by atoms with van der Waals surface area (Å²) >= 11 is 0. The first-order valence-electron chi connectivity index (χ1n) is 5.51. The van der Waals surface area contributed by atoms with E-state index in [0.717, 1.165) is 0 Å². The van der Waals surface area contributed by atoms with Crippen LogP contribution >= 0.6 is 0 Å². The summed E-state index contributed by atoms with van der Waals surface area (Å²) in [5.74, 6) is -2.17. The van der Waals surface area contributed by atoms with E-state index in [1.807, 2.05) is 20.8 Å². The van der Waals surface area contributed by atoms with Crippen molar-refractivity contribution < 1.29 is 23.5 Å². The quantitative estimate of drug-likeness (QED) is 0.521. The van der Waals surface area contributed by atoms with Crippen molar-refractivity contribution >= 4 is 11.9 Å². The lowest BCUT2D eigenvalue weighted by atomic mass is 9.94. The van der Waals surface area contributed by atoms with Gasteiger partial charge in [0.05, 0.1) is 0 Å². The predicted octanol–water partition coefficient (Wildman–Crippen LogP) is 2.01. The van der Waals surface area contributed by atoms with Gasteiger partial charge in [-0.3, -0.25) is 0 Å². The molecule has 0 amide bonds. The lowest BCUT2D eigenvalue weighted by Gasteiger charge is -2.29. The molecule has 0 aromatic rings. The van der Waals surface area contributed by atoms with Gasteiger partial charge in [0.1, 0.15) is 18.9 Å². The molecule has 0 saturated carbocycles. The SMILES string of the molecule is CCC(CC)(CC)OC(=O)C(=O)OCCF. The largest absolute Gasteiger partial charge is 0.454 e. The number of halogens is 1. The predicted molar refractivity (Wildman–Crippen MR) is 56.6 cm³/mol. The lowest BCUT2D eigenvalue weighted by Crippen LogP contribution is -2.36. The van der Waals surface area contributed by atoms with Gasteiger partial charge in [-0.05, 0) is 19.3 Å². The smallest absolute Gasteiger partial charge is 0.418 e. The van der Waals surface area contributed by atoms with E-state index in [0.29, 0.717) is 19.3 Å². The lowest BCUT2D eigenvalue weighted by molar-refractivity contribution is -0.178. The van der Waals surface area contributed by atoms with E-state index < -0.39 is 30.8 Å². The van der Waals surface area contributed by atoms with Crippen LogP contribution in [0.15, 0.2) is 0 Å². The molecular formula is C11H19FO4. The number of hydrogen-bond acceptors (Lipinski definition) is 4. The molecule has 16 heavy (non-hydrogen) atoms. The molecule has 0 atom stereocenters. The fraction of sp³-hybridized carbons (Fsp3) is 0.818. The van der Waals surface area contributed by atoms with Crippen molar-refractivity contribution in [2.24, 2.45) is 0 Å². The van der Waals surface area contributed by atoms with Crippen LogP contribution in [-0.2, 0) is 19.1 Å². The maximum absolute atomic E-state index is 11.7. The second kappa shape index (κ2) is 7.19. The standard InChI is InChI=1S/C11H19FO4/c1-4-11(5-2,6-3)16-10(14)9(13)15-8-7-12/h4-8H2,1-3H3. The van der Waals surface area contributed by atoms with Gasteiger partial charge in [0, 0.05) is 0 Å². The Morgan fingerprint density at radius 3 is 1.94 bits per heavy atom. The second-order valence-electron chi connectivity index (χ2n) is 3.46. The van der Waals surface area contributed by atoms with Gasteiger partial charge in [-0.2, -0.15) is 0 Å². The van der Waals surface area contributed by atoms with Crippen LogP contribution in [0.25, 0.3) is 0 Å². The third kappa shape index (κ3) is 4.16. The minimum absolute atomic E-state index is 0.411. The first-order chi connectivity index (χ1) is 7.55. The van der Waals surface area contributed by atoms with Gasteiger partial charge in [-0.1, -0.05) is 20.8 Å². The van der Waals surface area contributed by atoms with E-state index in [2.05, 4.69) is 4.74 Å². The summed E-state index contributed by atoms with van der Waals surface area (Å²) in [4.78, 5) is 22.4. The van der Waals surface area contributed by atoms with Gasteiger partial charge < -0.3 is 9.47 Å². The normalized spacial score (nSPS) is 11.0. The summed E-state index contributed by atoms with van der Waals surface area (Å²) in [6.07, 6.45) is 1.88. The van der Waals surface area contributed by atoms with E-state index in [1.165, 1.54) is 0 Å². The number of esters is 2. The zero-order chi connectivity index (χ0) is 12.6. The molecule has 0 aromatic heterocycles. The van der Waals surface area contributed by atoms with Crippen LogP contribution in [-0.4, -0.2) is 30.8 Å². The van der Waals surface area contributed by atoms with E-state index in [4.69, 9.17) is 4.74 Å². The molecule has 4 nitrogen and oxygen atoms in total. The van der Waals surface area contributed by atoms with Crippen molar-refractivity contribution in [2.45, 2.75) is 45.6 Å². The average molecular weight is 234 g/mol. The third-order valence-electron chi connectivity index (χ3n) is 2.72. The molecule has 0 fully saturated rings. The molecule has 0 unspecified atom stereocenters. The van der Waals surface area contributed by atoms with Crippen LogP contribution in [0.5, 0.6) is 0 Å². The molecule has 0 aromatic carbocycles. The van der Waals surface area contributed by atoms with E-state index in [1.54, 1.807) is 0 Å². The minimum Gasteiger partial charge on any atom is -0.454 e. The molecule has 0 radical (unpaired) electrons. The zero-order valence-electron chi connectivity index (χ0n) is 10.0. The molecule has 0 aliphatic rings. The summed E-state index contributed by atoms with van der Waals surface area (Å²) in [6, 6.07) is 0. The number of rotatable bonds is 6. The molecule has 0 spiro atoms. The molecule has 0 bridgehead atoms. The highest BCUT2D eigenvalue weighted by atomic mass is 19.1. The molecule has 0 heterocycles. The Kier molecular flexibility index (Phi) is 6.69. The van der Waals surface area contributed by atoms with Crippen LogP contribution in [0.2, 0.25) is 0 Å². The Balaban J connectivity index is 4.34. The Morgan fingerprint density at radius 2 is 1.56 bits per heavy atom. The number of carbonyl (C=O) groups excluding carboxylic acids is 2. The van der Waals surface area contributed by atoms with Crippen molar-refractivity contribution in [3.63, 3.8) is 0 Å². The van der Waals surface area contributed by atoms with Gasteiger partial charge in [-0.15, -0.1) is 0 Å². The van der Waals surface area contributed by atoms with Crippen LogP contribution < -0.4 is 0 Å². The van der Waals surface area contributed by atoms with Gasteiger partial charge in [-0.25, -0.2) is 14.0 Å². The molecule has 0 saturated heterocycles. The highest BCUT2D eigenvalue weighted by Gasteiger charge is 2.31. The van der Waals surface area contributed by atoms with Gasteiger partial charge in [0.2, 0.25) is 0 Å². The molecule has 0 aliphatic heterocycles. The minimum atomic E-state index is -1.13. The first-order valence-corrected chi connectivity index (χ1v) is 5.51. The molecule has 0 aliphatic carbocycles. The summed E-state index contributed by atoms with van der Waals surface area (Å²) in [6.45, 7) is 4.43. The maximum Gasteiger partial charge on any atom is 0.418 e. The van der Waals surface area contributed by atoms with E-state index >= 15 is 0 Å². The maximum atomic E-state index is 11.7. The van der Waals surface area contributed by atoms with E-state index in [-0.39, 0.29) is 0 Å². The average Bonchev–Trinajstić information content (AvgIpc) is 2.32. The monoisotopic (exact) mass is 234 g/mol.